The van der Waals surface area contributed by atoms with Gasteiger partial charge >= 0.3 is 0 Å². The fraction of sp³-hybridized carbons (Fsp3) is 0.364. The van der Waals surface area contributed by atoms with Crippen molar-refractivity contribution in [2.75, 3.05) is 6.61 Å². The molecular formula is C22H26N2O4. The highest BCUT2D eigenvalue weighted by molar-refractivity contribution is 5.82. The highest BCUT2D eigenvalue weighted by Gasteiger charge is 2.28. The van der Waals surface area contributed by atoms with Crippen LogP contribution in [0.5, 0.6) is 11.5 Å². The number of benzene rings is 2. The second kappa shape index (κ2) is 8.78. The maximum Gasteiger partial charge on any atom is 0.265 e. The van der Waals surface area contributed by atoms with Gasteiger partial charge in [0.1, 0.15) is 6.61 Å². The quantitative estimate of drug-likeness (QED) is 0.805. The van der Waals surface area contributed by atoms with Crippen LogP contribution in [-0.4, -0.2) is 30.6 Å². The van der Waals surface area contributed by atoms with Crippen LogP contribution in [0.4, 0.5) is 0 Å². The molecular weight excluding hydrogens is 356 g/mol. The Bertz CT molecular complexity index is 838. The zero-order valence-electron chi connectivity index (χ0n) is 16.4. The van der Waals surface area contributed by atoms with E-state index in [2.05, 4.69) is 10.6 Å². The van der Waals surface area contributed by atoms with E-state index in [1.165, 1.54) is 6.92 Å². The molecule has 0 aromatic heterocycles. The third-order valence-electron chi connectivity index (χ3n) is 4.61. The molecule has 6 heteroatoms. The molecule has 6 nitrogen and oxygen atoms in total. The summed E-state index contributed by atoms with van der Waals surface area (Å²) >= 11 is 0. The molecule has 3 atom stereocenters. The summed E-state index contributed by atoms with van der Waals surface area (Å²) in [5, 5.41) is 5.83. The van der Waals surface area contributed by atoms with Gasteiger partial charge in [-0.05, 0) is 43.5 Å². The highest BCUT2D eigenvalue weighted by atomic mass is 16.6. The fourth-order valence-corrected chi connectivity index (χ4v) is 3.25. The molecule has 2 amide bonds. The van der Waals surface area contributed by atoms with Crippen LogP contribution in [0, 0.1) is 0 Å². The first-order chi connectivity index (χ1) is 13.4. The average molecular weight is 382 g/mol. The van der Waals surface area contributed by atoms with Crippen molar-refractivity contribution in [2.45, 2.75) is 45.4 Å². The third-order valence-corrected chi connectivity index (χ3v) is 4.61. The summed E-state index contributed by atoms with van der Waals surface area (Å²) in [6.45, 7) is 5.55. The minimum Gasteiger partial charge on any atom is -0.485 e. The number of carbonyl (C=O) groups is 2. The van der Waals surface area contributed by atoms with Gasteiger partial charge in [0, 0.05) is 13.0 Å². The van der Waals surface area contributed by atoms with Crippen molar-refractivity contribution in [3.05, 3.63) is 59.7 Å². The predicted octanol–water partition coefficient (Wildman–Crippen LogP) is 2.77. The summed E-state index contributed by atoms with van der Waals surface area (Å²) in [7, 11) is 0. The molecule has 1 aliphatic rings. The Morgan fingerprint density at radius 3 is 2.54 bits per heavy atom. The average Bonchev–Trinajstić information content (AvgIpc) is 2.67. The first kappa shape index (κ1) is 19.7. The Morgan fingerprint density at radius 1 is 1.07 bits per heavy atom. The van der Waals surface area contributed by atoms with E-state index in [1.807, 2.05) is 62.4 Å². The smallest absolute Gasteiger partial charge is 0.265 e. The van der Waals surface area contributed by atoms with E-state index in [1.54, 1.807) is 0 Å². The van der Waals surface area contributed by atoms with E-state index in [4.69, 9.17) is 9.47 Å². The number of carbonyl (C=O) groups excluding carboxylic acids is 2. The van der Waals surface area contributed by atoms with Crippen LogP contribution in [-0.2, 0) is 16.0 Å². The molecule has 0 fully saturated rings. The lowest BCUT2D eigenvalue weighted by atomic mass is 10.1. The lowest BCUT2D eigenvalue weighted by molar-refractivity contribution is -0.131. The van der Waals surface area contributed by atoms with Crippen molar-refractivity contribution < 1.29 is 19.1 Å². The molecule has 0 unspecified atom stereocenters. The largest absolute Gasteiger partial charge is 0.485 e. The molecule has 1 heterocycles. The lowest BCUT2D eigenvalue weighted by Crippen LogP contribution is -2.44. The van der Waals surface area contributed by atoms with Crippen LogP contribution in [0.15, 0.2) is 48.5 Å². The van der Waals surface area contributed by atoms with Gasteiger partial charge < -0.3 is 20.1 Å². The molecule has 2 aromatic carbocycles. The van der Waals surface area contributed by atoms with Crippen LogP contribution in [0.2, 0.25) is 0 Å². The molecule has 0 saturated heterocycles. The molecule has 1 aliphatic heterocycles. The van der Waals surface area contributed by atoms with Gasteiger partial charge in [0.05, 0.1) is 6.04 Å². The lowest BCUT2D eigenvalue weighted by Gasteiger charge is -2.27. The second-order valence-electron chi connectivity index (χ2n) is 7.15. The minimum absolute atomic E-state index is 0.0260. The fourth-order valence-electron chi connectivity index (χ4n) is 3.25. The SMILES string of the molecule is CC(=O)N[C@@H](C)Cc1ccc2c(c1)OC[C@H](C(=O)N[C@@H](C)c1ccccc1)O2. The summed E-state index contributed by atoms with van der Waals surface area (Å²) in [5.74, 6) is 0.913. The van der Waals surface area contributed by atoms with Gasteiger partial charge in [-0.2, -0.15) is 0 Å². The molecule has 28 heavy (non-hydrogen) atoms. The van der Waals surface area contributed by atoms with Gasteiger partial charge in [0.2, 0.25) is 12.0 Å². The normalized spacial score (nSPS) is 17.3. The second-order valence-corrected chi connectivity index (χ2v) is 7.15. The van der Waals surface area contributed by atoms with Gasteiger partial charge in [-0.1, -0.05) is 36.4 Å². The van der Waals surface area contributed by atoms with Crippen LogP contribution >= 0.6 is 0 Å². The first-order valence-electron chi connectivity index (χ1n) is 9.47. The maximum absolute atomic E-state index is 12.6. The minimum atomic E-state index is -0.692. The van der Waals surface area contributed by atoms with Gasteiger partial charge in [-0.3, -0.25) is 9.59 Å². The predicted molar refractivity (Wildman–Crippen MR) is 106 cm³/mol. The van der Waals surface area contributed by atoms with Crippen LogP contribution in [0.1, 0.15) is 37.9 Å². The van der Waals surface area contributed by atoms with Crippen LogP contribution in [0.25, 0.3) is 0 Å². The number of amides is 2. The third kappa shape index (κ3) is 5.03. The molecule has 148 valence electrons. The Morgan fingerprint density at radius 2 is 1.82 bits per heavy atom. The zero-order valence-corrected chi connectivity index (χ0v) is 16.4. The van der Waals surface area contributed by atoms with Crippen LogP contribution in [0.3, 0.4) is 0 Å². The number of hydrogen-bond donors (Lipinski definition) is 2. The summed E-state index contributed by atoms with van der Waals surface area (Å²) in [4.78, 5) is 23.7. The Balaban J connectivity index is 1.59. The van der Waals surface area contributed by atoms with E-state index in [9.17, 15) is 9.59 Å². The van der Waals surface area contributed by atoms with Gasteiger partial charge in [-0.15, -0.1) is 0 Å². The van der Waals surface area contributed by atoms with Gasteiger partial charge in [0.25, 0.3) is 5.91 Å². The number of ether oxygens (including phenoxy) is 2. The van der Waals surface area contributed by atoms with E-state index in [0.29, 0.717) is 17.9 Å². The van der Waals surface area contributed by atoms with Crippen molar-refractivity contribution in [2.24, 2.45) is 0 Å². The summed E-state index contributed by atoms with van der Waals surface area (Å²) in [6, 6.07) is 15.3. The molecule has 3 rings (SSSR count). The Hall–Kier alpha value is -3.02. The number of nitrogens with one attached hydrogen (secondary N) is 2. The molecule has 0 saturated carbocycles. The number of rotatable bonds is 6. The van der Waals surface area contributed by atoms with Crippen LogP contribution < -0.4 is 20.1 Å². The molecule has 0 radical (unpaired) electrons. The highest BCUT2D eigenvalue weighted by Crippen LogP contribution is 2.33. The van der Waals surface area contributed by atoms with Gasteiger partial charge in [0.15, 0.2) is 11.5 Å². The van der Waals surface area contributed by atoms with E-state index in [-0.39, 0.29) is 30.5 Å². The molecule has 0 spiro atoms. The van der Waals surface area contributed by atoms with Crippen molar-refractivity contribution >= 4 is 11.8 Å². The molecule has 0 aliphatic carbocycles. The molecule has 0 bridgehead atoms. The number of fused-ring (bicyclic) bond motifs is 1. The van der Waals surface area contributed by atoms with E-state index < -0.39 is 6.10 Å². The number of hydrogen-bond acceptors (Lipinski definition) is 4. The zero-order chi connectivity index (χ0) is 20.1. The van der Waals surface area contributed by atoms with E-state index in [0.717, 1.165) is 11.1 Å². The van der Waals surface area contributed by atoms with Crippen molar-refractivity contribution in [3.8, 4) is 11.5 Å². The van der Waals surface area contributed by atoms with Crippen molar-refractivity contribution in [1.29, 1.82) is 0 Å². The molecule has 2 aromatic rings. The van der Waals surface area contributed by atoms with Gasteiger partial charge in [-0.25, -0.2) is 0 Å². The topological polar surface area (TPSA) is 76.7 Å². The van der Waals surface area contributed by atoms with E-state index >= 15 is 0 Å². The summed E-state index contributed by atoms with van der Waals surface area (Å²) < 4.78 is 11.6. The standard InChI is InChI=1S/C22H26N2O4/c1-14(23-16(3)25)11-17-9-10-19-20(12-17)27-13-21(28-19)22(26)24-15(2)18-7-5-4-6-8-18/h4-10,12,14-15,21H,11,13H2,1-3H3,(H,23,25)(H,24,26)/t14-,15-,21+/m0/s1. The molecule has 2 N–H and O–H groups in total. The summed E-state index contributed by atoms with van der Waals surface area (Å²) in [6.07, 6.45) is -0.00263. The summed E-state index contributed by atoms with van der Waals surface area (Å²) in [5.41, 5.74) is 2.06. The first-order valence-corrected chi connectivity index (χ1v) is 9.47. The maximum atomic E-state index is 12.6. The Labute approximate surface area is 165 Å². The monoisotopic (exact) mass is 382 g/mol. The Kier molecular flexibility index (Phi) is 6.19. The van der Waals surface area contributed by atoms with Crippen molar-refractivity contribution in [3.63, 3.8) is 0 Å². The van der Waals surface area contributed by atoms with Crippen molar-refractivity contribution in [1.82, 2.24) is 10.6 Å².